The van der Waals surface area contributed by atoms with Crippen molar-refractivity contribution in [3.8, 4) is 0 Å². The first kappa shape index (κ1) is 14.1. The highest BCUT2D eigenvalue weighted by atomic mass is 16.5. The third kappa shape index (κ3) is 4.06. The maximum Gasteiger partial charge on any atom is 0.150 e. The molecule has 1 heterocycles. The topological polar surface area (TPSA) is 29.5 Å². The molecule has 0 atom stereocenters. The molecule has 0 spiro atoms. The van der Waals surface area contributed by atoms with Crippen LogP contribution in [0.5, 0.6) is 0 Å². The van der Waals surface area contributed by atoms with Gasteiger partial charge in [0.2, 0.25) is 0 Å². The third-order valence-corrected chi connectivity index (χ3v) is 3.88. The summed E-state index contributed by atoms with van der Waals surface area (Å²) in [5, 5.41) is 0. The van der Waals surface area contributed by atoms with Crippen LogP contribution >= 0.6 is 0 Å². The van der Waals surface area contributed by atoms with Gasteiger partial charge in [-0.25, -0.2) is 0 Å². The van der Waals surface area contributed by atoms with Crippen LogP contribution < -0.4 is 4.90 Å². The van der Waals surface area contributed by atoms with Crippen molar-refractivity contribution in [1.29, 1.82) is 0 Å². The van der Waals surface area contributed by atoms with E-state index in [-0.39, 0.29) is 0 Å². The molecule has 104 valence electrons. The molecule has 1 fully saturated rings. The number of carbonyl (C=O) groups excluding carboxylic acids is 1. The van der Waals surface area contributed by atoms with Gasteiger partial charge >= 0.3 is 0 Å². The molecule has 0 unspecified atom stereocenters. The smallest absolute Gasteiger partial charge is 0.150 e. The lowest BCUT2D eigenvalue weighted by Crippen LogP contribution is -2.33. The number of carbonyl (C=O) groups is 1. The van der Waals surface area contributed by atoms with Gasteiger partial charge < -0.3 is 9.64 Å². The number of aldehydes is 1. The molecule has 0 amide bonds. The molecular weight excluding hydrogens is 238 g/mol. The van der Waals surface area contributed by atoms with Crippen LogP contribution in [0.2, 0.25) is 0 Å². The molecule has 0 bridgehead atoms. The van der Waals surface area contributed by atoms with E-state index in [1.807, 2.05) is 31.2 Å². The Labute approximate surface area is 115 Å². The predicted molar refractivity (Wildman–Crippen MR) is 77.9 cm³/mol. The second-order valence-corrected chi connectivity index (χ2v) is 5.13. The SMILES string of the molecule is CCOCCC1CCN(c2ccc(C=O)cc2)CC1. The molecule has 1 aromatic rings. The minimum atomic E-state index is 0.746. The Morgan fingerprint density at radius 1 is 1.26 bits per heavy atom. The Morgan fingerprint density at radius 2 is 1.95 bits per heavy atom. The van der Waals surface area contributed by atoms with Gasteiger partial charge in [-0.3, -0.25) is 4.79 Å². The molecule has 3 nitrogen and oxygen atoms in total. The first-order chi connectivity index (χ1) is 9.33. The van der Waals surface area contributed by atoms with Gasteiger partial charge in [-0.15, -0.1) is 0 Å². The number of hydrogen-bond donors (Lipinski definition) is 0. The molecule has 2 rings (SSSR count). The van der Waals surface area contributed by atoms with Gasteiger partial charge in [-0.1, -0.05) is 0 Å². The molecule has 0 radical (unpaired) electrons. The Hall–Kier alpha value is -1.35. The van der Waals surface area contributed by atoms with E-state index in [4.69, 9.17) is 4.74 Å². The van der Waals surface area contributed by atoms with Gasteiger partial charge in [0.1, 0.15) is 6.29 Å². The number of anilines is 1. The van der Waals surface area contributed by atoms with Crippen LogP contribution in [0.3, 0.4) is 0 Å². The van der Waals surface area contributed by atoms with E-state index in [1.54, 1.807) is 0 Å². The van der Waals surface area contributed by atoms with Gasteiger partial charge in [0.25, 0.3) is 0 Å². The summed E-state index contributed by atoms with van der Waals surface area (Å²) >= 11 is 0. The predicted octanol–water partition coefficient (Wildman–Crippen LogP) is 3.14. The van der Waals surface area contributed by atoms with Crippen LogP contribution in [0, 0.1) is 5.92 Å². The summed E-state index contributed by atoms with van der Waals surface area (Å²) in [6, 6.07) is 7.88. The van der Waals surface area contributed by atoms with Crippen LogP contribution in [0.15, 0.2) is 24.3 Å². The van der Waals surface area contributed by atoms with E-state index < -0.39 is 0 Å². The zero-order valence-electron chi connectivity index (χ0n) is 11.7. The number of rotatable bonds is 6. The first-order valence-electron chi connectivity index (χ1n) is 7.21. The van der Waals surface area contributed by atoms with E-state index >= 15 is 0 Å². The van der Waals surface area contributed by atoms with Crippen LogP contribution in [0.4, 0.5) is 5.69 Å². The maximum absolute atomic E-state index is 10.6. The first-order valence-corrected chi connectivity index (χ1v) is 7.21. The van der Waals surface area contributed by atoms with Gasteiger partial charge in [-0.05, 0) is 56.4 Å². The van der Waals surface area contributed by atoms with E-state index in [0.717, 1.165) is 44.1 Å². The molecule has 1 aliphatic rings. The zero-order valence-corrected chi connectivity index (χ0v) is 11.7. The summed E-state index contributed by atoms with van der Waals surface area (Å²) in [5.74, 6) is 0.803. The summed E-state index contributed by atoms with van der Waals surface area (Å²) in [6.07, 6.45) is 4.56. The highest BCUT2D eigenvalue weighted by Crippen LogP contribution is 2.25. The van der Waals surface area contributed by atoms with Crippen molar-refractivity contribution < 1.29 is 9.53 Å². The summed E-state index contributed by atoms with van der Waals surface area (Å²) < 4.78 is 5.43. The second-order valence-electron chi connectivity index (χ2n) is 5.13. The minimum Gasteiger partial charge on any atom is -0.382 e. The van der Waals surface area contributed by atoms with Crippen molar-refractivity contribution in [2.24, 2.45) is 5.92 Å². The van der Waals surface area contributed by atoms with Gasteiger partial charge in [0, 0.05) is 37.6 Å². The fourth-order valence-electron chi connectivity index (χ4n) is 2.64. The standard InChI is InChI=1S/C16H23NO2/c1-2-19-12-9-14-7-10-17(11-8-14)16-5-3-15(13-18)4-6-16/h3-6,13-14H,2,7-12H2,1H3. The Kier molecular flexibility index (Phi) is 5.40. The van der Waals surface area contributed by atoms with Gasteiger partial charge in [-0.2, -0.15) is 0 Å². The van der Waals surface area contributed by atoms with E-state index in [1.165, 1.54) is 24.9 Å². The van der Waals surface area contributed by atoms with Crippen molar-refractivity contribution in [2.45, 2.75) is 26.2 Å². The average molecular weight is 261 g/mol. The van der Waals surface area contributed by atoms with Crippen molar-refractivity contribution in [3.05, 3.63) is 29.8 Å². The van der Waals surface area contributed by atoms with Gasteiger partial charge in [0.15, 0.2) is 0 Å². The fraction of sp³-hybridized carbons (Fsp3) is 0.562. The molecule has 0 N–H and O–H groups in total. The summed E-state index contributed by atoms with van der Waals surface area (Å²) in [6.45, 7) is 5.98. The molecule has 1 aromatic carbocycles. The third-order valence-electron chi connectivity index (χ3n) is 3.88. The molecular formula is C16H23NO2. The highest BCUT2D eigenvalue weighted by Gasteiger charge is 2.19. The molecule has 0 aliphatic carbocycles. The lowest BCUT2D eigenvalue weighted by molar-refractivity contribution is 0.112. The summed E-state index contributed by atoms with van der Waals surface area (Å²) in [5.41, 5.74) is 1.98. The van der Waals surface area contributed by atoms with Crippen molar-refractivity contribution in [2.75, 3.05) is 31.2 Å². The number of nitrogens with zero attached hydrogens (tertiary/aromatic N) is 1. The minimum absolute atomic E-state index is 0.746. The van der Waals surface area contributed by atoms with Crippen molar-refractivity contribution >= 4 is 12.0 Å². The van der Waals surface area contributed by atoms with E-state index in [0.29, 0.717) is 0 Å². The molecule has 1 saturated heterocycles. The average Bonchev–Trinajstić information content (AvgIpc) is 2.48. The van der Waals surface area contributed by atoms with Gasteiger partial charge in [0.05, 0.1) is 0 Å². The number of ether oxygens (including phenoxy) is 1. The molecule has 0 aromatic heterocycles. The summed E-state index contributed by atoms with van der Waals surface area (Å²) in [7, 11) is 0. The molecule has 1 aliphatic heterocycles. The molecule has 19 heavy (non-hydrogen) atoms. The lowest BCUT2D eigenvalue weighted by Gasteiger charge is -2.33. The van der Waals surface area contributed by atoms with Crippen molar-refractivity contribution in [3.63, 3.8) is 0 Å². The Bertz CT molecular complexity index is 380. The van der Waals surface area contributed by atoms with Crippen LogP contribution in [0.25, 0.3) is 0 Å². The van der Waals surface area contributed by atoms with Crippen LogP contribution in [-0.4, -0.2) is 32.6 Å². The molecule has 3 heteroatoms. The van der Waals surface area contributed by atoms with Crippen molar-refractivity contribution in [1.82, 2.24) is 0 Å². The largest absolute Gasteiger partial charge is 0.382 e. The second kappa shape index (κ2) is 7.29. The van der Waals surface area contributed by atoms with E-state index in [2.05, 4.69) is 4.90 Å². The Balaban J connectivity index is 1.80. The quantitative estimate of drug-likeness (QED) is 0.582. The number of hydrogen-bond acceptors (Lipinski definition) is 3. The zero-order chi connectivity index (χ0) is 13.5. The summed E-state index contributed by atoms with van der Waals surface area (Å²) in [4.78, 5) is 13.0. The fourth-order valence-corrected chi connectivity index (χ4v) is 2.64. The van der Waals surface area contributed by atoms with E-state index in [9.17, 15) is 4.79 Å². The lowest BCUT2D eigenvalue weighted by atomic mass is 9.93. The normalized spacial score (nSPS) is 16.6. The monoisotopic (exact) mass is 261 g/mol. The maximum atomic E-state index is 10.6. The Morgan fingerprint density at radius 3 is 2.53 bits per heavy atom. The highest BCUT2D eigenvalue weighted by molar-refractivity contribution is 5.75. The number of piperidine rings is 1. The van der Waals surface area contributed by atoms with Crippen LogP contribution in [0.1, 0.15) is 36.5 Å². The number of benzene rings is 1. The van der Waals surface area contributed by atoms with Crippen LogP contribution in [-0.2, 0) is 4.74 Å². The molecule has 0 saturated carbocycles.